The largest absolute Gasteiger partial charge is 0.477 e. The van der Waals surface area contributed by atoms with Crippen molar-refractivity contribution in [3.05, 3.63) is 17.7 Å². The summed E-state index contributed by atoms with van der Waals surface area (Å²) < 4.78 is 5.34. The average molecular weight is 269 g/mol. The predicted molar refractivity (Wildman–Crippen MR) is 68.2 cm³/mol. The molecule has 0 aliphatic heterocycles. The first-order valence-electron chi connectivity index (χ1n) is 6.29. The van der Waals surface area contributed by atoms with Crippen LogP contribution in [-0.4, -0.2) is 46.7 Å². The van der Waals surface area contributed by atoms with E-state index in [1.165, 1.54) is 6.33 Å². The molecule has 1 amide bonds. The number of hydrogen-bond acceptors (Lipinski definition) is 4. The summed E-state index contributed by atoms with van der Waals surface area (Å²) in [5, 5.41) is 11.4. The SMILES string of the molecule is CCCCOCCCNC(=O)c1nc[nH]c1C(=O)O. The molecule has 0 fully saturated rings. The van der Waals surface area contributed by atoms with Gasteiger partial charge >= 0.3 is 5.97 Å². The first kappa shape index (κ1) is 15.2. The number of imidazole rings is 1. The highest BCUT2D eigenvalue weighted by atomic mass is 16.5. The summed E-state index contributed by atoms with van der Waals surface area (Å²) in [5.41, 5.74) is -0.295. The van der Waals surface area contributed by atoms with Crippen LogP contribution in [0.5, 0.6) is 0 Å². The van der Waals surface area contributed by atoms with Crippen LogP contribution in [0.15, 0.2) is 6.33 Å². The molecule has 0 atom stereocenters. The van der Waals surface area contributed by atoms with E-state index in [-0.39, 0.29) is 11.4 Å². The molecule has 0 radical (unpaired) electrons. The fraction of sp³-hybridized carbons (Fsp3) is 0.583. The van der Waals surface area contributed by atoms with Gasteiger partial charge in [-0.1, -0.05) is 13.3 Å². The molecule has 19 heavy (non-hydrogen) atoms. The first-order valence-corrected chi connectivity index (χ1v) is 6.29. The van der Waals surface area contributed by atoms with Gasteiger partial charge in [-0.25, -0.2) is 9.78 Å². The lowest BCUT2D eigenvalue weighted by molar-refractivity contribution is 0.0684. The van der Waals surface area contributed by atoms with Crippen LogP contribution in [0.1, 0.15) is 47.2 Å². The van der Waals surface area contributed by atoms with Gasteiger partial charge in [-0.2, -0.15) is 0 Å². The van der Waals surface area contributed by atoms with Crippen molar-refractivity contribution >= 4 is 11.9 Å². The molecule has 1 heterocycles. The lowest BCUT2D eigenvalue weighted by Crippen LogP contribution is -2.27. The van der Waals surface area contributed by atoms with E-state index in [2.05, 4.69) is 22.2 Å². The van der Waals surface area contributed by atoms with Crippen molar-refractivity contribution < 1.29 is 19.4 Å². The Hall–Kier alpha value is -1.89. The molecule has 106 valence electrons. The molecular weight excluding hydrogens is 250 g/mol. The smallest absolute Gasteiger partial charge is 0.354 e. The topological polar surface area (TPSA) is 104 Å². The molecule has 0 aliphatic carbocycles. The zero-order chi connectivity index (χ0) is 14.1. The molecule has 1 aromatic heterocycles. The molecule has 0 unspecified atom stereocenters. The van der Waals surface area contributed by atoms with Gasteiger partial charge in [0.15, 0.2) is 11.4 Å². The number of carboxylic acid groups (broad SMARTS) is 1. The maximum Gasteiger partial charge on any atom is 0.354 e. The van der Waals surface area contributed by atoms with Gasteiger partial charge in [0.1, 0.15) is 0 Å². The maximum atomic E-state index is 11.7. The molecule has 1 rings (SSSR count). The van der Waals surface area contributed by atoms with Gasteiger partial charge < -0.3 is 20.1 Å². The number of nitrogens with zero attached hydrogens (tertiary/aromatic N) is 1. The van der Waals surface area contributed by atoms with Crippen molar-refractivity contribution in [2.24, 2.45) is 0 Å². The van der Waals surface area contributed by atoms with Gasteiger partial charge in [-0.15, -0.1) is 0 Å². The first-order chi connectivity index (χ1) is 9.16. The summed E-state index contributed by atoms with van der Waals surface area (Å²) in [6.45, 7) is 3.82. The Labute approximate surface area is 111 Å². The number of carbonyl (C=O) groups excluding carboxylic acids is 1. The highest BCUT2D eigenvalue weighted by Crippen LogP contribution is 2.02. The van der Waals surface area contributed by atoms with E-state index in [4.69, 9.17) is 9.84 Å². The fourth-order valence-corrected chi connectivity index (χ4v) is 1.44. The molecule has 0 bridgehead atoms. The van der Waals surface area contributed by atoms with Crippen molar-refractivity contribution in [2.45, 2.75) is 26.2 Å². The fourth-order valence-electron chi connectivity index (χ4n) is 1.44. The summed E-state index contributed by atoms with van der Waals surface area (Å²) >= 11 is 0. The number of H-pyrrole nitrogens is 1. The molecule has 1 aromatic rings. The third-order valence-electron chi connectivity index (χ3n) is 2.46. The number of amides is 1. The number of aromatic carboxylic acids is 1. The minimum absolute atomic E-state index is 0.0978. The summed E-state index contributed by atoms with van der Waals surface area (Å²) in [4.78, 5) is 28.6. The van der Waals surface area contributed by atoms with E-state index in [0.29, 0.717) is 19.6 Å². The Kier molecular flexibility index (Phi) is 6.59. The number of aromatic nitrogens is 2. The number of nitrogens with one attached hydrogen (secondary N) is 2. The van der Waals surface area contributed by atoms with Gasteiger partial charge in [-0.3, -0.25) is 4.79 Å². The van der Waals surface area contributed by atoms with Crippen molar-refractivity contribution in [1.82, 2.24) is 15.3 Å². The second-order valence-electron chi connectivity index (χ2n) is 4.01. The van der Waals surface area contributed by atoms with Crippen molar-refractivity contribution in [3.8, 4) is 0 Å². The summed E-state index contributed by atoms with van der Waals surface area (Å²) in [7, 11) is 0. The number of aromatic amines is 1. The minimum Gasteiger partial charge on any atom is -0.477 e. The van der Waals surface area contributed by atoms with E-state index < -0.39 is 11.9 Å². The number of rotatable bonds is 9. The number of unbranched alkanes of at least 4 members (excludes halogenated alkanes) is 1. The van der Waals surface area contributed by atoms with Crippen molar-refractivity contribution in [3.63, 3.8) is 0 Å². The number of carboxylic acids is 1. The number of ether oxygens (including phenoxy) is 1. The highest BCUT2D eigenvalue weighted by molar-refractivity contribution is 6.02. The summed E-state index contributed by atoms with van der Waals surface area (Å²) in [6.07, 6.45) is 3.99. The molecule has 0 aliphatic rings. The van der Waals surface area contributed by atoms with Crippen LogP contribution < -0.4 is 5.32 Å². The zero-order valence-corrected chi connectivity index (χ0v) is 10.9. The Balaban J connectivity index is 2.24. The van der Waals surface area contributed by atoms with Gasteiger partial charge in [0.25, 0.3) is 5.91 Å². The van der Waals surface area contributed by atoms with E-state index in [0.717, 1.165) is 19.4 Å². The molecule has 0 saturated heterocycles. The second kappa shape index (κ2) is 8.25. The second-order valence-corrected chi connectivity index (χ2v) is 4.01. The van der Waals surface area contributed by atoms with E-state index in [9.17, 15) is 9.59 Å². The summed E-state index contributed by atoms with van der Waals surface area (Å²) in [6, 6.07) is 0. The molecule has 0 spiro atoms. The summed E-state index contributed by atoms with van der Waals surface area (Å²) in [5.74, 6) is -1.70. The molecule has 3 N–H and O–H groups in total. The Morgan fingerprint density at radius 3 is 2.84 bits per heavy atom. The van der Waals surface area contributed by atoms with Crippen molar-refractivity contribution in [1.29, 1.82) is 0 Å². The Bertz CT molecular complexity index is 417. The Morgan fingerprint density at radius 1 is 1.42 bits per heavy atom. The van der Waals surface area contributed by atoms with Crippen LogP contribution in [-0.2, 0) is 4.74 Å². The monoisotopic (exact) mass is 269 g/mol. The van der Waals surface area contributed by atoms with Gasteiger partial charge in [-0.05, 0) is 12.8 Å². The average Bonchev–Trinajstić information content (AvgIpc) is 2.87. The molecule has 0 saturated carbocycles. The molecule has 7 heteroatoms. The highest BCUT2D eigenvalue weighted by Gasteiger charge is 2.18. The quantitative estimate of drug-likeness (QED) is 0.581. The predicted octanol–water partition coefficient (Wildman–Crippen LogP) is 1.04. The normalized spacial score (nSPS) is 10.4. The van der Waals surface area contributed by atoms with Crippen LogP contribution in [0, 0.1) is 0 Å². The maximum absolute atomic E-state index is 11.7. The van der Waals surface area contributed by atoms with E-state index >= 15 is 0 Å². The van der Waals surface area contributed by atoms with E-state index in [1.54, 1.807) is 0 Å². The lowest BCUT2D eigenvalue weighted by Gasteiger charge is -2.05. The molecular formula is C12H19N3O4. The van der Waals surface area contributed by atoms with Crippen LogP contribution >= 0.6 is 0 Å². The van der Waals surface area contributed by atoms with E-state index in [1.807, 2.05) is 0 Å². The molecule has 7 nitrogen and oxygen atoms in total. The van der Waals surface area contributed by atoms with Crippen LogP contribution in [0.3, 0.4) is 0 Å². The van der Waals surface area contributed by atoms with Crippen LogP contribution in [0.2, 0.25) is 0 Å². The van der Waals surface area contributed by atoms with Crippen LogP contribution in [0.25, 0.3) is 0 Å². The number of hydrogen-bond donors (Lipinski definition) is 3. The third kappa shape index (κ3) is 5.09. The van der Waals surface area contributed by atoms with Crippen molar-refractivity contribution in [2.75, 3.05) is 19.8 Å². The molecule has 0 aromatic carbocycles. The Morgan fingerprint density at radius 2 is 2.16 bits per heavy atom. The van der Waals surface area contributed by atoms with Gasteiger partial charge in [0, 0.05) is 19.8 Å². The minimum atomic E-state index is -1.20. The van der Waals surface area contributed by atoms with Gasteiger partial charge in [0.2, 0.25) is 0 Å². The standard InChI is InChI=1S/C12H19N3O4/c1-2-3-6-19-7-4-5-13-11(16)9-10(12(17)18)15-8-14-9/h8H,2-7H2,1H3,(H,13,16)(H,14,15)(H,17,18). The number of carbonyl (C=O) groups is 2. The van der Waals surface area contributed by atoms with Gasteiger partial charge in [0.05, 0.1) is 6.33 Å². The third-order valence-corrected chi connectivity index (χ3v) is 2.46. The van der Waals surface area contributed by atoms with Crippen LogP contribution in [0.4, 0.5) is 0 Å². The lowest BCUT2D eigenvalue weighted by atomic mass is 10.3. The zero-order valence-electron chi connectivity index (χ0n) is 10.9.